The third kappa shape index (κ3) is 2.88. The van der Waals surface area contributed by atoms with Crippen molar-refractivity contribution in [2.45, 2.75) is 52.1 Å². The molecule has 1 aliphatic carbocycles. The van der Waals surface area contributed by atoms with Gasteiger partial charge in [0, 0.05) is 25.6 Å². The van der Waals surface area contributed by atoms with Crippen LogP contribution in [0.3, 0.4) is 0 Å². The maximum absolute atomic E-state index is 12.8. The minimum Gasteiger partial charge on any atom is -0.341 e. The van der Waals surface area contributed by atoms with Crippen molar-refractivity contribution in [2.75, 3.05) is 7.05 Å². The van der Waals surface area contributed by atoms with E-state index in [0.717, 1.165) is 30.4 Å². The van der Waals surface area contributed by atoms with Crippen LogP contribution in [0.5, 0.6) is 0 Å². The summed E-state index contributed by atoms with van der Waals surface area (Å²) in [5, 5.41) is 0. The first kappa shape index (κ1) is 15.0. The maximum Gasteiger partial charge on any atom is 0.228 e. The van der Waals surface area contributed by atoms with Gasteiger partial charge >= 0.3 is 0 Å². The second kappa shape index (κ2) is 6.40. The molecule has 0 heterocycles. The molecule has 0 aliphatic heterocycles. The number of nitrogens with two attached hydrogens (primary N) is 1. The van der Waals surface area contributed by atoms with Gasteiger partial charge in [-0.1, -0.05) is 44.0 Å². The molecule has 0 bridgehead atoms. The van der Waals surface area contributed by atoms with Crippen molar-refractivity contribution in [3.63, 3.8) is 0 Å². The Hall–Kier alpha value is -1.35. The average Bonchev–Trinajstić information content (AvgIpc) is 2.97. The molecule has 0 saturated heterocycles. The lowest BCUT2D eigenvalue weighted by Gasteiger charge is -2.32. The molecule has 1 aromatic rings. The normalized spacial score (nSPS) is 17.1. The smallest absolute Gasteiger partial charge is 0.228 e. The van der Waals surface area contributed by atoms with Crippen molar-refractivity contribution in [2.24, 2.45) is 11.1 Å². The van der Waals surface area contributed by atoms with Crippen LogP contribution >= 0.6 is 0 Å². The Kier molecular flexibility index (Phi) is 4.81. The highest BCUT2D eigenvalue weighted by Gasteiger charge is 2.40. The SMILES string of the molecule is CCC1(C(=O)N(C)Cc2ccccc2CN)CCCC1. The number of carbonyl (C=O) groups excluding carboxylic acids is 1. The highest BCUT2D eigenvalue weighted by molar-refractivity contribution is 5.82. The van der Waals surface area contributed by atoms with E-state index in [-0.39, 0.29) is 5.41 Å². The molecule has 1 saturated carbocycles. The molecule has 20 heavy (non-hydrogen) atoms. The van der Waals surface area contributed by atoms with Crippen molar-refractivity contribution in [1.29, 1.82) is 0 Å². The van der Waals surface area contributed by atoms with Gasteiger partial charge in [-0.3, -0.25) is 4.79 Å². The first-order chi connectivity index (χ1) is 9.63. The van der Waals surface area contributed by atoms with Gasteiger partial charge in [0.15, 0.2) is 0 Å². The van der Waals surface area contributed by atoms with Gasteiger partial charge in [0.05, 0.1) is 0 Å². The second-order valence-corrected chi connectivity index (χ2v) is 5.98. The van der Waals surface area contributed by atoms with Crippen LogP contribution in [0.4, 0.5) is 0 Å². The molecule has 3 nitrogen and oxygen atoms in total. The average molecular weight is 274 g/mol. The number of nitrogens with zero attached hydrogens (tertiary/aromatic N) is 1. The number of hydrogen-bond acceptors (Lipinski definition) is 2. The minimum atomic E-state index is -0.105. The summed E-state index contributed by atoms with van der Waals surface area (Å²) in [6, 6.07) is 8.12. The van der Waals surface area contributed by atoms with E-state index in [1.807, 2.05) is 30.1 Å². The van der Waals surface area contributed by atoms with E-state index in [9.17, 15) is 4.79 Å². The molecule has 1 amide bonds. The summed E-state index contributed by atoms with van der Waals surface area (Å²) in [5.41, 5.74) is 7.96. The minimum absolute atomic E-state index is 0.105. The molecule has 0 aromatic heterocycles. The van der Waals surface area contributed by atoms with E-state index in [1.54, 1.807) is 0 Å². The van der Waals surface area contributed by atoms with Crippen molar-refractivity contribution in [3.8, 4) is 0 Å². The zero-order valence-electron chi connectivity index (χ0n) is 12.7. The third-order valence-electron chi connectivity index (χ3n) is 4.78. The Bertz CT molecular complexity index is 464. The van der Waals surface area contributed by atoms with Crippen LogP contribution in [0.25, 0.3) is 0 Å². The van der Waals surface area contributed by atoms with Crippen LogP contribution in [0, 0.1) is 5.41 Å². The molecule has 0 atom stereocenters. The lowest BCUT2D eigenvalue weighted by Crippen LogP contribution is -2.40. The van der Waals surface area contributed by atoms with E-state index in [1.165, 1.54) is 12.8 Å². The van der Waals surface area contributed by atoms with E-state index < -0.39 is 0 Å². The highest BCUT2D eigenvalue weighted by atomic mass is 16.2. The first-order valence-electron chi connectivity index (χ1n) is 7.65. The Morgan fingerprint density at radius 1 is 1.25 bits per heavy atom. The highest BCUT2D eigenvalue weighted by Crippen LogP contribution is 2.42. The van der Waals surface area contributed by atoms with Gasteiger partial charge in [0.25, 0.3) is 0 Å². The summed E-state index contributed by atoms with van der Waals surface area (Å²) in [7, 11) is 1.92. The zero-order valence-corrected chi connectivity index (χ0v) is 12.7. The molecule has 2 N–H and O–H groups in total. The Labute approximate surface area is 122 Å². The molecular weight excluding hydrogens is 248 g/mol. The quantitative estimate of drug-likeness (QED) is 0.897. The molecule has 1 aliphatic rings. The molecule has 0 spiro atoms. The van der Waals surface area contributed by atoms with Gasteiger partial charge in [-0.05, 0) is 30.4 Å². The molecule has 1 aromatic carbocycles. The monoisotopic (exact) mass is 274 g/mol. The Balaban J connectivity index is 2.11. The molecule has 110 valence electrons. The van der Waals surface area contributed by atoms with Crippen molar-refractivity contribution in [3.05, 3.63) is 35.4 Å². The lowest BCUT2D eigenvalue weighted by atomic mass is 9.82. The predicted octanol–water partition coefficient (Wildman–Crippen LogP) is 3.07. The third-order valence-corrected chi connectivity index (χ3v) is 4.78. The van der Waals surface area contributed by atoms with Crippen LogP contribution in [0.15, 0.2) is 24.3 Å². The largest absolute Gasteiger partial charge is 0.341 e. The number of amides is 1. The number of carbonyl (C=O) groups is 1. The van der Waals surface area contributed by atoms with Gasteiger partial charge in [-0.2, -0.15) is 0 Å². The van der Waals surface area contributed by atoms with Crippen molar-refractivity contribution in [1.82, 2.24) is 4.90 Å². The van der Waals surface area contributed by atoms with Crippen LogP contribution in [0.2, 0.25) is 0 Å². The van der Waals surface area contributed by atoms with Gasteiger partial charge in [0.2, 0.25) is 5.91 Å². The zero-order chi connectivity index (χ0) is 14.6. The number of hydrogen-bond donors (Lipinski definition) is 1. The first-order valence-corrected chi connectivity index (χ1v) is 7.65. The van der Waals surface area contributed by atoms with E-state index in [0.29, 0.717) is 19.0 Å². The molecule has 0 unspecified atom stereocenters. The fourth-order valence-corrected chi connectivity index (χ4v) is 3.41. The van der Waals surface area contributed by atoms with Crippen LogP contribution in [-0.4, -0.2) is 17.9 Å². The molecule has 2 rings (SSSR count). The fourth-order valence-electron chi connectivity index (χ4n) is 3.41. The summed E-state index contributed by atoms with van der Waals surface area (Å²) in [4.78, 5) is 14.7. The number of rotatable bonds is 5. The summed E-state index contributed by atoms with van der Waals surface area (Å²) >= 11 is 0. The number of benzene rings is 1. The summed E-state index contributed by atoms with van der Waals surface area (Å²) in [6.45, 7) is 3.33. The van der Waals surface area contributed by atoms with Crippen LogP contribution < -0.4 is 5.73 Å². The van der Waals surface area contributed by atoms with E-state index in [4.69, 9.17) is 5.73 Å². The standard InChI is InChI=1S/C17H26N2O/c1-3-17(10-6-7-11-17)16(20)19(2)13-15-9-5-4-8-14(15)12-18/h4-5,8-9H,3,6-7,10-13,18H2,1-2H3. The van der Waals surface area contributed by atoms with E-state index in [2.05, 4.69) is 13.0 Å². The maximum atomic E-state index is 12.8. The van der Waals surface area contributed by atoms with Gasteiger partial charge in [-0.25, -0.2) is 0 Å². The summed E-state index contributed by atoms with van der Waals surface area (Å²) < 4.78 is 0. The Morgan fingerprint density at radius 2 is 1.85 bits per heavy atom. The van der Waals surface area contributed by atoms with Crippen LogP contribution in [0.1, 0.15) is 50.2 Å². The second-order valence-electron chi connectivity index (χ2n) is 5.98. The van der Waals surface area contributed by atoms with E-state index >= 15 is 0 Å². The van der Waals surface area contributed by atoms with Gasteiger partial charge in [-0.15, -0.1) is 0 Å². The topological polar surface area (TPSA) is 46.3 Å². The lowest BCUT2D eigenvalue weighted by molar-refractivity contribution is -0.141. The van der Waals surface area contributed by atoms with Crippen molar-refractivity contribution >= 4 is 5.91 Å². The van der Waals surface area contributed by atoms with Crippen molar-refractivity contribution < 1.29 is 4.79 Å². The van der Waals surface area contributed by atoms with Gasteiger partial charge in [0.1, 0.15) is 0 Å². The summed E-state index contributed by atoms with van der Waals surface area (Å²) in [5.74, 6) is 0.310. The van der Waals surface area contributed by atoms with Crippen LogP contribution in [-0.2, 0) is 17.9 Å². The van der Waals surface area contributed by atoms with Gasteiger partial charge < -0.3 is 10.6 Å². The molecule has 1 fully saturated rings. The summed E-state index contributed by atoms with van der Waals surface area (Å²) in [6.07, 6.45) is 5.42. The predicted molar refractivity (Wildman–Crippen MR) is 82.0 cm³/mol. The molecule has 0 radical (unpaired) electrons. The molecular formula is C17H26N2O. The Morgan fingerprint density at radius 3 is 2.40 bits per heavy atom. The molecule has 3 heteroatoms. The fraction of sp³-hybridized carbons (Fsp3) is 0.588.